The van der Waals surface area contributed by atoms with Crippen LogP contribution >= 0.6 is 7.26 Å². The quantitative estimate of drug-likeness (QED) is 0.534. The lowest BCUT2D eigenvalue weighted by Gasteiger charge is -2.27. The van der Waals surface area contributed by atoms with Crippen molar-refractivity contribution in [3.63, 3.8) is 0 Å². The van der Waals surface area contributed by atoms with E-state index in [1.54, 1.807) is 28.3 Å². The average molecular weight is 409 g/mol. The van der Waals surface area contributed by atoms with Gasteiger partial charge in [0, 0.05) is 0 Å². The van der Waals surface area contributed by atoms with Crippen LogP contribution < -0.4 is 30.1 Å². The van der Waals surface area contributed by atoms with Crippen LogP contribution in [0.1, 0.15) is 6.92 Å². The van der Waals surface area contributed by atoms with Crippen molar-refractivity contribution in [1.82, 2.24) is 0 Å². The summed E-state index contributed by atoms with van der Waals surface area (Å²) in [5.74, 6) is 2.53. The SMILES string of the molecule is COc1ccc([P+](CC(C)=O)(c2ccc(OC)cc2)c2ccc(OC)cc2)cc1. The van der Waals surface area contributed by atoms with Gasteiger partial charge in [0.2, 0.25) is 0 Å². The van der Waals surface area contributed by atoms with Crippen LogP contribution in [-0.4, -0.2) is 33.3 Å². The molecule has 0 amide bonds. The van der Waals surface area contributed by atoms with Crippen molar-refractivity contribution < 1.29 is 19.0 Å². The molecule has 150 valence electrons. The Balaban J connectivity index is 2.28. The highest BCUT2D eigenvalue weighted by molar-refractivity contribution is 7.96. The largest absolute Gasteiger partial charge is 0.497 e. The summed E-state index contributed by atoms with van der Waals surface area (Å²) >= 11 is 0. The maximum atomic E-state index is 12.5. The summed E-state index contributed by atoms with van der Waals surface area (Å²) in [7, 11) is 2.74. The third kappa shape index (κ3) is 4.28. The molecule has 0 bridgehead atoms. The number of methoxy groups -OCH3 is 3. The highest BCUT2D eigenvalue weighted by atomic mass is 31.2. The van der Waals surface area contributed by atoms with E-state index in [0.717, 1.165) is 33.2 Å². The number of Topliss-reactive ketones (excluding diaryl/α,β-unsaturated/α-hetero) is 1. The number of ketones is 1. The Labute approximate surface area is 172 Å². The van der Waals surface area contributed by atoms with Gasteiger partial charge in [-0.3, -0.25) is 4.79 Å². The zero-order chi connectivity index (χ0) is 20.9. The average Bonchev–Trinajstić information content (AvgIpc) is 2.77. The summed E-state index contributed by atoms with van der Waals surface area (Å²) in [4.78, 5) is 12.5. The molecule has 0 aromatic heterocycles. The summed E-state index contributed by atoms with van der Waals surface area (Å²) < 4.78 is 16.0. The molecule has 3 aromatic carbocycles. The Morgan fingerprint density at radius 3 is 1.10 bits per heavy atom. The molecule has 5 heteroatoms. The molecule has 29 heavy (non-hydrogen) atoms. The van der Waals surface area contributed by atoms with E-state index in [4.69, 9.17) is 14.2 Å². The molecule has 0 saturated heterocycles. The van der Waals surface area contributed by atoms with Crippen LogP contribution in [0.3, 0.4) is 0 Å². The standard InChI is InChI=1S/C24H26O4P/c1-18(25)17-29(22-11-5-19(26-2)6-12-22,23-13-7-20(27-3)8-14-23)24-15-9-21(28-4)10-16-24/h5-16H,17H2,1-4H3/q+1. The van der Waals surface area contributed by atoms with Gasteiger partial charge in [-0.05, 0) is 79.7 Å². The van der Waals surface area contributed by atoms with Crippen LogP contribution in [0.4, 0.5) is 0 Å². The summed E-state index contributed by atoms with van der Waals surface area (Å²) in [6.07, 6.45) is 0.442. The summed E-state index contributed by atoms with van der Waals surface area (Å²) in [6, 6.07) is 24.2. The molecule has 0 unspecified atom stereocenters. The van der Waals surface area contributed by atoms with E-state index in [0.29, 0.717) is 6.16 Å². The van der Waals surface area contributed by atoms with Crippen LogP contribution in [-0.2, 0) is 4.79 Å². The van der Waals surface area contributed by atoms with Crippen molar-refractivity contribution in [3.8, 4) is 17.2 Å². The normalized spacial score (nSPS) is 11.0. The lowest BCUT2D eigenvalue weighted by molar-refractivity contribution is -0.114. The number of rotatable bonds is 8. The number of carbonyl (C=O) groups is 1. The molecule has 0 fully saturated rings. The molecule has 0 heterocycles. The van der Waals surface area contributed by atoms with Gasteiger partial charge in [0.05, 0.1) is 21.3 Å². The van der Waals surface area contributed by atoms with Crippen LogP contribution in [0.2, 0.25) is 0 Å². The van der Waals surface area contributed by atoms with Crippen molar-refractivity contribution in [2.45, 2.75) is 6.92 Å². The highest BCUT2D eigenvalue weighted by Gasteiger charge is 2.46. The maximum Gasteiger partial charge on any atom is 0.168 e. The van der Waals surface area contributed by atoms with Gasteiger partial charge in [-0.1, -0.05) is 0 Å². The van der Waals surface area contributed by atoms with Gasteiger partial charge in [-0.2, -0.15) is 0 Å². The van der Waals surface area contributed by atoms with E-state index in [9.17, 15) is 4.79 Å². The second-order valence-electron chi connectivity index (χ2n) is 6.76. The fraction of sp³-hybridized carbons (Fsp3) is 0.208. The number of ether oxygens (including phenoxy) is 3. The summed E-state index contributed by atoms with van der Waals surface area (Å²) in [5, 5.41) is 3.39. The van der Waals surface area contributed by atoms with Gasteiger partial charge < -0.3 is 14.2 Å². The highest BCUT2D eigenvalue weighted by Crippen LogP contribution is 2.55. The molecule has 0 aliphatic heterocycles. The van der Waals surface area contributed by atoms with E-state index in [1.165, 1.54) is 0 Å². The molecule has 0 saturated carbocycles. The minimum absolute atomic E-state index is 0.154. The third-order valence-corrected chi connectivity index (χ3v) is 9.46. The molecule has 3 rings (SSSR count). The van der Waals surface area contributed by atoms with Crippen LogP contribution in [0.15, 0.2) is 72.8 Å². The summed E-state index contributed by atoms with van der Waals surface area (Å²) in [6.45, 7) is 1.66. The fourth-order valence-corrected chi connectivity index (χ4v) is 7.65. The molecule has 0 spiro atoms. The van der Waals surface area contributed by atoms with Gasteiger partial charge in [0.15, 0.2) is 5.78 Å². The summed E-state index contributed by atoms with van der Waals surface area (Å²) in [5.41, 5.74) is 0. The first-order valence-electron chi connectivity index (χ1n) is 9.35. The van der Waals surface area contributed by atoms with E-state index >= 15 is 0 Å². The van der Waals surface area contributed by atoms with Gasteiger partial charge >= 0.3 is 0 Å². The molecule has 0 aliphatic carbocycles. The Morgan fingerprint density at radius 1 is 0.621 bits per heavy atom. The third-order valence-electron chi connectivity index (χ3n) is 5.00. The molecule has 3 aromatic rings. The number of benzene rings is 3. The predicted molar refractivity (Wildman–Crippen MR) is 120 cm³/mol. The molecule has 4 nitrogen and oxygen atoms in total. The number of hydrogen-bond acceptors (Lipinski definition) is 4. The number of carbonyl (C=O) groups excluding carboxylic acids is 1. The second kappa shape index (κ2) is 9.11. The van der Waals surface area contributed by atoms with E-state index in [1.807, 2.05) is 36.4 Å². The van der Waals surface area contributed by atoms with Crippen LogP contribution in [0, 0.1) is 0 Å². The molecular weight excluding hydrogens is 383 g/mol. The number of hydrogen-bond donors (Lipinski definition) is 0. The van der Waals surface area contributed by atoms with E-state index < -0.39 is 7.26 Å². The first-order chi connectivity index (χ1) is 14.0. The van der Waals surface area contributed by atoms with Crippen molar-refractivity contribution >= 4 is 29.0 Å². The Hall–Kier alpha value is -2.84. The predicted octanol–water partition coefficient (Wildman–Crippen LogP) is 3.60. The molecule has 0 atom stereocenters. The zero-order valence-electron chi connectivity index (χ0n) is 17.2. The molecule has 0 radical (unpaired) electrons. The smallest absolute Gasteiger partial charge is 0.168 e. The zero-order valence-corrected chi connectivity index (χ0v) is 18.1. The lowest BCUT2D eigenvalue weighted by atomic mass is 10.3. The van der Waals surface area contributed by atoms with Crippen LogP contribution in [0.25, 0.3) is 0 Å². The van der Waals surface area contributed by atoms with Crippen molar-refractivity contribution in [1.29, 1.82) is 0 Å². The lowest BCUT2D eigenvalue weighted by Crippen LogP contribution is -2.35. The first kappa shape index (κ1) is 20.9. The molecule has 0 N–H and O–H groups in total. The fourth-order valence-electron chi connectivity index (χ4n) is 3.57. The van der Waals surface area contributed by atoms with Gasteiger partial charge in [-0.25, -0.2) is 0 Å². The van der Waals surface area contributed by atoms with E-state index in [2.05, 4.69) is 36.4 Å². The van der Waals surface area contributed by atoms with Crippen LogP contribution in [0.5, 0.6) is 17.2 Å². The van der Waals surface area contributed by atoms with Gasteiger partial charge in [-0.15, -0.1) is 0 Å². The van der Waals surface area contributed by atoms with Crippen molar-refractivity contribution in [2.75, 3.05) is 27.5 Å². The Morgan fingerprint density at radius 2 is 0.897 bits per heavy atom. The Kier molecular flexibility index (Phi) is 6.56. The molecule has 0 aliphatic rings. The van der Waals surface area contributed by atoms with Gasteiger partial charge in [0.25, 0.3) is 0 Å². The molecular formula is C24H26O4P+. The van der Waals surface area contributed by atoms with Gasteiger partial charge in [0.1, 0.15) is 46.6 Å². The topological polar surface area (TPSA) is 44.8 Å². The first-order valence-corrected chi connectivity index (χ1v) is 11.3. The second-order valence-corrected chi connectivity index (χ2v) is 10.2. The monoisotopic (exact) mass is 409 g/mol. The minimum atomic E-state index is -2.22. The van der Waals surface area contributed by atoms with E-state index in [-0.39, 0.29) is 5.78 Å². The Bertz CT molecular complexity index is 832. The van der Waals surface area contributed by atoms with Crippen molar-refractivity contribution in [3.05, 3.63) is 72.8 Å². The minimum Gasteiger partial charge on any atom is -0.497 e. The van der Waals surface area contributed by atoms with Crippen molar-refractivity contribution in [2.24, 2.45) is 0 Å². The maximum absolute atomic E-state index is 12.5.